The van der Waals surface area contributed by atoms with Crippen molar-refractivity contribution in [2.75, 3.05) is 26.4 Å². The maximum atomic E-state index is 10.5. The molecule has 0 unspecified atom stereocenters. The van der Waals surface area contributed by atoms with Crippen LogP contribution in [0.25, 0.3) is 0 Å². The fraction of sp³-hybridized carbons (Fsp3) is 0.538. The van der Waals surface area contributed by atoms with Crippen molar-refractivity contribution < 1.29 is 14.6 Å². The SMILES string of the molecule is NCCOc1cccc(C2(O)CCOCC2)c1. The molecule has 3 N–H and O–H groups in total. The summed E-state index contributed by atoms with van der Waals surface area (Å²) in [6.45, 7) is 2.18. The Balaban J connectivity index is 2.14. The molecule has 0 aromatic heterocycles. The molecule has 1 aromatic carbocycles. The molecule has 0 aliphatic carbocycles. The van der Waals surface area contributed by atoms with E-state index >= 15 is 0 Å². The van der Waals surface area contributed by atoms with Crippen molar-refractivity contribution in [3.63, 3.8) is 0 Å². The van der Waals surface area contributed by atoms with Crippen molar-refractivity contribution in [2.45, 2.75) is 18.4 Å². The molecule has 1 fully saturated rings. The van der Waals surface area contributed by atoms with Crippen LogP contribution in [-0.2, 0) is 10.3 Å². The van der Waals surface area contributed by atoms with Crippen LogP contribution >= 0.6 is 0 Å². The van der Waals surface area contributed by atoms with Gasteiger partial charge in [0.2, 0.25) is 0 Å². The van der Waals surface area contributed by atoms with Gasteiger partial charge in [0.1, 0.15) is 12.4 Å². The quantitative estimate of drug-likeness (QED) is 0.820. The predicted molar refractivity (Wildman–Crippen MR) is 64.9 cm³/mol. The average Bonchev–Trinajstić information content (AvgIpc) is 2.38. The number of rotatable bonds is 4. The van der Waals surface area contributed by atoms with Gasteiger partial charge in [-0.3, -0.25) is 0 Å². The van der Waals surface area contributed by atoms with Crippen LogP contribution < -0.4 is 10.5 Å². The van der Waals surface area contributed by atoms with Crippen molar-refractivity contribution in [3.8, 4) is 5.75 Å². The van der Waals surface area contributed by atoms with Crippen LogP contribution in [0.5, 0.6) is 5.75 Å². The molecular weight excluding hydrogens is 218 g/mol. The van der Waals surface area contributed by atoms with Crippen LogP contribution in [0.2, 0.25) is 0 Å². The first-order valence-corrected chi connectivity index (χ1v) is 5.98. The fourth-order valence-corrected chi connectivity index (χ4v) is 2.05. The number of nitrogens with two attached hydrogens (primary N) is 1. The largest absolute Gasteiger partial charge is 0.492 e. The van der Waals surface area contributed by atoms with Crippen LogP contribution in [-0.4, -0.2) is 31.5 Å². The molecule has 0 saturated carbocycles. The predicted octanol–water partition coefficient (Wildman–Crippen LogP) is 1.02. The van der Waals surface area contributed by atoms with Crippen molar-refractivity contribution in [3.05, 3.63) is 29.8 Å². The molecule has 1 heterocycles. The van der Waals surface area contributed by atoms with Crippen molar-refractivity contribution in [1.29, 1.82) is 0 Å². The molecule has 2 rings (SSSR count). The summed E-state index contributed by atoms with van der Waals surface area (Å²) < 4.78 is 10.7. The lowest BCUT2D eigenvalue weighted by Gasteiger charge is -2.32. The zero-order chi connectivity index (χ0) is 12.1. The summed E-state index contributed by atoms with van der Waals surface area (Å²) in [6.07, 6.45) is 1.26. The fourth-order valence-electron chi connectivity index (χ4n) is 2.05. The second kappa shape index (κ2) is 5.49. The molecule has 0 radical (unpaired) electrons. The highest BCUT2D eigenvalue weighted by atomic mass is 16.5. The summed E-state index contributed by atoms with van der Waals surface area (Å²) in [7, 11) is 0. The van der Waals surface area contributed by atoms with E-state index in [0.717, 1.165) is 11.3 Å². The topological polar surface area (TPSA) is 64.7 Å². The molecule has 0 amide bonds. The van der Waals surface area contributed by atoms with Crippen molar-refractivity contribution >= 4 is 0 Å². The molecule has 4 nitrogen and oxygen atoms in total. The Kier molecular flexibility index (Phi) is 3.99. The molecule has 0 bridgehead atoms. The Morgan fingerprint density at radius 3 is 2.82 bits per heavy atom. The van der Waals surface area contributed by atoms with Gasteiger partial charge < -0.3 is 20.3 Å². The smallest absolute Gasteiger partial charge is 0.119 e. The lowest BCUT2D eigenvalue weighted by atomic mass is 9.86. The van der Waals surface area contributed by atoms with Gasteiger partial charge in [-0.1, -0.05) is 12.1 Å². The highest BCUT2D eigenvalue weighted by Gasteiger charge is 2.31. The molecule has 4 heteroatoms. The Morgan fingerprint density at radius 2 is 2.12 bits per heavy atom. The molecule has 17 heavy (non-hydrogen) atoms. The third kappa shape index (κ3) is 2.97. The maximum absolute atomic E-state index is 10.5. The molecule has 0 atom stereocenters. The third-order valence-corrected chi connectivity index (χ3v) is 3.08. The second-order valence-electron chi connectivity index (χ2n) is 4.31. The van der Waals surface area contributed by atoms with Gasteiger partial charge in [-0.2, -0.15) is 0 Å². The van der Waals surface area contributed by atoms with Gasteiger partial charge >= 0.3 is 0 Å². The second-order valence-corrected chi connectivity index (χ2v) is 4.31. The van der Waals surface area contributed by atoms with E-state index in [4.69, 9.17) is 15.2 Å². The zero-order valence-corrected chi connectivity index (χ0v) is 9.89. The summed E-state index contributed by atoms with van der Waals surface area (Å²) in [5, 5.41) is 10.5. The summed E-state index contributed by atoms with van der Waals surface area (Å²) in [5.74, 6) is 0.757. The van der Waals surface area contributed by atoms with Gasteiger partial charge in [-0.25, -0.2) is 0 Å². The first-order valence-electron chi connectivity index (χ1n) is 5.98. The Morgan fingerprint density at radius 1 is 1.35 bits per heavy atom. The van der Waals surface area contributed by atoms with E-state index in [1.807, 2.05) is 24.3 Å². The van der Waals surface area contributed by atoms with Gasteiger partial charge in [0.25, 0.3) is 0 Å². The molecule has 1 aromatic rings. The van der Waals surface area contributed by atoms with Crippen LogP contribution in [0.4, 0.5) is 0 Å². The number of benzene rings is 1. The minimum atomic E-state index is -0.777. The first-order chi connectivity index (χ1) is 8.24. The summed E-state index contributed by atoms with van der Waals surface area (Å²) >= 11 is 0. The van der Waals surface area contributed by atoms with Crippen molar-refractivity contribution in [2.24, 2.45) is 5.73 Å². The molecular formula is C13H19NO3. The average molecular weight is 237 g/mol. The minimum absolute atomic E-state index is 0.488. The highest BCUT2D eigenvalue weighted by molar-refractivity contribution is 5.32. The van der Waals surface area contributed by atoms with E-state index in [-0.39, 0.29) is 0 Å². The maximum Gasteiger partial charge on any atom is 0.119 e. The van der Waals surface area contributed by atoms with E-state index in [1.54, 1.807) is 0 Å². The number of aliphatic hydroxyl groups is 1. The van der Waals surface area contributed by atoms with Crippen LogP contribution in [0.15, 0.2) is 24.3 Å². The van der Waals surface area contributed by atoms with Crippen molar-refractivity contribution in [1.82, 2.24) is 0 Å². The van der Waals surface area contributed by atoms with E-state index < -0.39 is 5.60 Å². The van der Waals surface area contributed by atoms with Gasteiger partial charge in [0, 0.05) is 32.6 Å². The number of ether oxygens (including phenoxy) is 2. The van der Waals surface area contributed by atoms with Crippen LogP contribution in [0, 0.1) is 0 Å². The third-order valence-electron chi connectivity index (χ3n) is 3.08. The van der Waals surface area contributed by atoms with E-state index in [9.17, 15) is 5.11 Å². The van der Waals surface area contributed by atoms with Gasteiger partial charge in [-0.05, 0) is 17.7 Å². The number of hydrogen-bond donors (Lipinski definition) is 2. The van der Waals surface area contributed by atoms with E-state index in [2.05, 4.69) is 0 Å². The lowest BCUT2D eigenvalue weighted by molar-refractivity contribution is -0.0680. The van der Waals surface area contributed by atoms with Gasteiger partial charge in [0.15, 0.2) is 0 Å². The molecule has 1 aliphatic heterocycles. The highest BCUT2D eigenvalue weighted by Crippen LogP contribution is 2.33. The Hall–Kier alpha value is -1.10. The zero-order valence-electron chi connectivity index (χ0n) is 9.89. The number of hydrogen-bond acceptors (Lipinski definition) is 4. The molecule has 1 aliphatic rings. The first kappa shape index (κ1) is 12.4. The molecule has 1 saturated heterocycles. The monoisotopic (exact) mass is 237 g/mol. The summed E-state index contributed by atoms with van der Waals surface area (Å²) in [4.78, 5) is 0. The standard InChI is InChI=1S/C13H19NO3/c14-6-9-17-12-3-1-2-11(10-12)13(15)4-7-16-8-5-13/h1-3,10,15H,4-9,14H2. The lowest BCUT2D eigenvalue weighted by Crippen LogP contribution is -2.33. The summed E-state index contributed by atoms with van der Waals surface area (Å²) in [6, 6.07) is 7.60. The van der Waals surface area contributed by atoms with Crippen LogP contribution in [0.3, 0.4) is 0 Å². The van der Waals surface area contributed by atoms with Gasteiger partial charge in [-0.15, -0.1) is 0 Å². The Labute approximate surface area is 101 Å². The summed E-state index contributed by atoms with van der Waals surface area (Å²) in [5.41, 5.74) is 5.51. The molecule has 94 valence electrons. The molecule has 0 spiro atoms. The minimum Gasteiger partial charge on any atom is -0.492 e. The van der Waals surface area contributed by atoms with Crippen LogP contribution in [0.1, 0.15) is 18.4 Å². The Bertz CT molecular complexity index is 361. The van der Waals surface area contributed by atoms with E-state index in [1.165, 1.54) is 0 Å². The normalized spacial score (nSPS) is 18.9. The van der Waals surface area contributed by atoms with Gasteiger partial charge in [0.05, 0.1) is 5.60 Å². The van der Waals surface area contributed by atoms with E-state index in [0.29, 0.717) is 39.2 Å².